The Labute approximate surface area is 136 Å². The number of hydrogen-bond acceptors (Lipinski definition) is 7. The standard InChI is InChI=1S/C13H21O6PS2/c1-10(2)19-20(14,17-4)9-18-22(15,16)13-11(3)7-6-8-12(13)21-5/h6-8,10H,9H2,1-5H3. The van der Waals surface area contributed by atoms with Crippen molar-refractivity contribution in [3.8, 4) is 0 Å². The summed E-state index contributed by atoms with van der Waals surface area (Å²) in [6.07, 6.45) is 0.735. The molecule has 0 saturated heterocycles. The third-order valence-corrected chi connectivity index (χ3v) is 6.96. The SMILES string of the molecule is COP(=O)(COS(=O)(=O)c1c(C)cccc1SC)OC(C)C. The fourth-order valence-electron chi connectivity index (χ4n) is 1.75. The Morgan fingerprint density at radius 1 is 1.32 bits per heavy atom. The lowest BCUT2D eigenvalue weighted by atomic mass is 10.2. The van der Waals surface area contributed by atoms with E-state index in [1.165, 1.54) is 18.9 Å². The zero-order valence-corrected chi connectivity index (χ0v) is 15.8. The molecule has 1 aromatic carbocycles. The molecule has 1 aromatic rings. The molecule has 9 heteroatoms. The van der Waals surface area contributed by atoms with Crippen molar-refractivity contribution in [2.45, 2.75) is 36.7 Å². The average Bonchev–Trinajstić information content (AvgIpc) is 2.44. The molecule has 126 valence electrons. The Hall–Kier alpha value is -0.370. The molecule has 0 aliphatic carbocycles. The van der Waals surface area contributed by atoms with Crippen LogP contribution in [-0.4, -0.2) is 34.2 Å². The lowest BCUT2D eigenvalue weighted by molar-refractivity contribution is 0.171. The number of thioether (sulfide) groups is 1. The predicted octanol–water partition coefficient (Wildman–Crippen LogP) is 3.64. The topological polar surface area (TPSA) is 78.9 Å². The van der Waals surface area contributed by atoms with Crippen molar-refractivity contribution in [3.63, 3.8) is 0 Å². The number of benzene rings is 1. The van der Waals surface area contributed by atoms with Gasteiger partial charge in [0.25, 0.3) is 10.1 Å². The summed E-state index contributed by atoms with van der Waals surface area (Å²) < 4.78 is 52.0. The summed E-state index contributed by atoms with van der Waals surface area (Å²) >= 11 is 1.30. The Balaban J connectivity index is 3.05. The molecule has 1 atom stereocenters. The molecule has 1 unspecified atom stereocenters. The fraction of sp³-hybridized carbons (Fsp3) is 0.538. The second-order valence-electron chi connectivity index (χ2n) is 4.76. The predicted molar refractivity (Wildman–Crippen MR) is 86.9 cm³/mol. The van der Waals surface area contributed by atoms with E-state index >= 15 is 0 Å². The van der Waals surface area contributed by atoms with E-state index in [9.17, 15) is 13.0 Å². The van der Waals surface area contributed by atoms with Gasteiger partial charge in [-0.2, -0.15) is 8.42 Å². The lowest BCUT2D eigenvalue weighted by Gasteiger charge is -2.19. The quantitative estimate of drug-likeness (QED) is 0.394. The molecule has 0 radical (unpaired) electrons. The van der Waals surface area contributed by atoms with Crippen molar-refractivity contribution < 1.29 is 26.2 Å². The van der Waals surface area contributed by atoms with E-state index in [-0.39, 0.29) is 11.0 Å². The summed E-state index contributed by atoms with van der Waals surface area (Å²) in [6.45, 7) is 5.02. The summed E-state index contributed by atoms with van der Waals surface area (Å²) in [7, 11) is -6.49. The van der Waals surface area contributed by atoms with Crippen LogP contribution in [-0.2, 0) is 27.9 Å². The van der Waals surface area contributed by atoms with Crippen molar-refractivity contribution >= 4 is 29.5 Å². The lowest BCUT2D eigenvalue weighted by Crippen LogP contribution is -2.13. The van der Waals surface area contributed by atoms with Gasteiger partial charge in [0.05, 0.1) is 6.10 Å². The molecular weight excluding hydrogens is 347 g/mol. The van der Waals surface area contributed by atoms with Crippen LogP contribution >= 0.6 is 19.4 Å². The van der Waals surface area contributed by atoms with Crippen LogP contribution in [0.3, 0.4) is 0 Å². The molecule has 0 N–H and O–H groups in total. The maximum Gasteiger partial charge on any atom is 0.357 e. The van der Waals surface area contributed by atoms with Crippen LogP contribution in [0, 0.1) is 6.92 Å². The first-order valence-electron chi connectivity index (χ1n) is 6.51. The van der Waals surface area contributed by atoms with E-state index in [1.54, 1.807) is 45.2 Å². The van der Waals surface area contributed by atoms with Gasteiger partial charge in [-0.1, -0.05) is 12.1 Å². The van der Waals surface area contributed by atoms with Gasteiger partial charge in [0.2, 0.25) is 0 Å². The molecule has 0 saturated carbocycles. The molecule has 22 heavy (non-hydrogen) atoms. The van der Waals surface area contributed by atoms with E-state index in [0.717, 1.165) is 0 Å². The molecule has 0 fully saturated rings. The van der Waals surface area contributed by atoms with Crippen LogP contribution in [0.2, 0.25) is 0 Å². The van der Waals surface area contributed by atoms with Crippen LogP contribution in [0.5, 0.6) is 0 Å². The molecule has 0 aromatic heterocycles. The average molecular weight is 368 g/mol. The molecular formula is C13H21O6PS2. The number of aryl methyl sites for hydroxylation is 1. The van der Waals surface area contributed by atoms with Gasteiger partial charge in [-0.05, 0) is 38.7 Å². The van der Waals surface area contributed by atoms with Gasteiger partial charge in [0, 0.05) is 12.0 Å². The summed E-state index contributed by atoms with van der Waals surface area (Å²) in [5.41, 5.74) is 0.559. The minimum atomic E-state index is -4.07. The van der Waals surface area contributed by atoms with Gasteiger partial charge < -0.3 is 9.05 Å². The fourth-order valence-corrected chi connectivity index (χ4v) is 5.73. The van der Waals surface area contributed by atoms with Crippen molar-refractivity contribution in [2.24, 2.45) is 0 Å². The smallest absolute Gasteiger partial charge is 0.310 e. The molecule has 0 aliphatic rings. The molecule has 0 amide bonds. The monoisotopic (exact) mass is 368 g/mol. The van der Waals surface area contributed by atoms with E-state index in [2.05, 4.69) is 0 Å². The molecule has 0 bridgehead atoms. The van der Waals surface area contributed by atoms with Crippen LogP contribution in [0.4, 0.5) is 0 Å². The van der Waals surface area contributed by atoms with Crippen molar-refractivity contribution in [2.75, 3.05) is 19.7 Å². The van der Waals surface area contributed by atoms with Crippen LogP contribution in [0.15, 0.2) is 28.0 Å². The summed E-state index contributed by atoms with van der Waals surface area (Å²) in [6, 6.07) is 5.13. The van der Waals surface area contributed by atoms with Gasteiger partial charge in [-0.15, -0.1) is 11.8 Å². The van der Waals surface area contributed by atoms with Crippen molar-refractivity contribution in [1.82, 2.24) is 0 Å². The van der Waals surface area contributed by atoms with Crippen molar-refractivity contribution in [3.05, 3.63) is 23.8 Å². The normalized spacial score (nSPS) is 15.0. The zero-order valence-electron chi connectivity index (χ0n) is 13.2. The van der Waals surface area contributed by atoms with E-state index in [0.29, 0.717) is 10.5 Å². The zero-order chi connectivity index (χ0) is 17.0. The van der Waals surface area contributed by atoms with Crippen LogP contribution in [0.25, 0.3) is 0 Å². The summed E-state index contributed by atoms with van der Waals surface area (Å²) in [5.74, 6) is 0. The van der Waals surface area contributed by atoms with Gasteiger partial charge in [0.15, 0.2) is 6.35 Å². The first kappa shape index (κ1) is 19.7. The summed E-state index contributed by atoms with van der Waals surface area (Å²) in [4.78, 5) is 0.645. The summed E-state index contributed by atoms with van der Waals surface area (Å²) in [5, 5.41) is 0. The van der Waals surface area contributed by atoms with E-state index in [4.69, 9.17) is 13.2 Å². The van der Waals surface area contributed by atoms with Gasteiger partial charge >= 0.3 is 7.60 Å². The van der Waals surface area contributed by atoms with Crippen LogP contribution < -0.4 is 0 Å². The highest BCUT2D eigenvalue weighted by atomic mass is 32.2. The third-order valence-electron chi connectivity index (χ3n) is 2.66. The Kier molecular flexibility index (Phi) is 7.11. The molecule has 0 aliphatic heterocycles. The molecule has 6 nitrogen and oxygen atoms in total. The maximum atomic E-state index is 12.4. The minimum Gasteiger partial charge on any atom is -0.310 e. The van der Waals surface area contributed by atoms with Crippen molar-refractivity contribution in [1.29, 1.82) is 0 Å². The largest absolute Gasteiger partial charge is 0.357 e. The second kappa shape index (κ2) is 7.95. The van der Waals surface area contributed by atoms with Gasteiger partial charge in [0.1, 0.15) is 4.90 Å². The number of hydrogen-bond donors (Lipinski definition) is 0. The minimum absolute atomic E-state index is 0.0784. The van der Waals surface area contributed by atoms with E-state index in [1.807, 2.05) is 0 Å². The number of rotatable bonds is 8. The first-order valence-corrected chi connectivity index (χ1v) is 10.9. The maximum absolute atomic E-state index is 12.4. The first-order chi connectivity index (χ1) is 10.1. The highest BCUT2D eigenvalue weighted by Gasteiger charge is 2.30. The molecule has 1 rings (SSSR count). The van der Waals surface area contributed by atoms with Gasteiger partial charge in [-0.3, -0.25) is 8.75 Å². The third kappa shape index (κ3) is 5.08. The second-order valence-corrected chi connectivity index (χ2v) is 9.21. The highest BCUT2D eigenvalue weighted by molar-refractivity contribution is 7.99. The molecule has 0 spiro atoms. The Bertz CT molecular complexity index is 656. The Morgan fingerprint density at radius 3 is 2.45 bits per heavy atom. The molecule has 0 heterocycles. The highest BCUT2D eigenvalue weighted by Crippen LogP contribution is 2.49. The van der Waals surface area contributed by atoms with Gasteiger partial charge in [-0.25, -0.2) is 0 Å². The van der Waals surface area contributed by atoms with E-state index < -0.39 is 24.1 Å². The Morgan fingerprint density at radius 2 is 1.95 bits per heavy atom. The van der Waals surface area contributed by atoms with Crippen LogP contribution in [0.1, 0.15) is 19.4 Å².